The Morgan fingerprint density at radius 1 is 1.00 bits per heavy atom. The first-order valence-corrected chi connectivity index (χ1v) is 10.5. The quantitative estimate of drug-likeness (QED) is 0.481. The van der Waals surface area contributed by atoms with E-state index in [9.17, 15) is 18.0 Å². The third-order valence-electron chi connectivity index (χ3n) is 4.23. The predicted molar refractivity (Wildman–Crippen MR) is 110 cm³/mol. The highest BCUT2D eigenvalue weighted by molar-refractivity contribution is 7.91. The Labute approximate surface area is 178 Å². The van der Waals surface area contributed by atoms with Gasteiger partial charge in [0.15, 0.2) is 5.78 Å². The largest absolute Gasteiger partial charge is 0.497 e. The number of hydrogen-bond acceptors (Lipinski definition) is 9. The van der Waals surface area contributed by atoms with Crippen LogP contribution in [0.15, 0.2) is 24.3 Å². The van der Waals surface area contributed by atoms with Crippen LogP contribution in [0.4, 0.5) is 16.4 Å². The van der Waals surface area contributed by atoms with Crippen molar-refractivity contribution in [3.05, 3.63) is 29.8 Å². The van der Waals surface area contributed by atoms with E-state index in [1.165, 1.54) is 45.6 Å². The molecule has 1 fully saturated rings. The molecule has 166 valence electrons. The number of hydrogen-bond donors (Lipinski definition) is 3. The van der Waals surface area contributed by atoms with Gasteiger partial charge in [-0.3, -0.25) is 14.8 Å². The van der Waals surface area contributed by atoms with Crippen molar-refractivity contribution in [1.82, 2.24) is 14.7 Å². The molecular weight excluding hydrogens is 430 g/mol. The Morgan fingerprint density at radius 2 is 1.65 bits per heavy atom. The van der Waals surface area contributed by atoms with E-state index in [0.29, 0.717) is 5.75 Å². The van der Waals surface area contributed by atoms with Crippen LogP contribution in [0.5, 0.6) is 17.5 Å². The Kier molecular flexibility index (Phi) is 6.44. The van der Waals surface area contributed by atoms with Gasteiger partial charge in [0.1, 0.15) is 5.75 Å². The normalized spacial score (nSPS) is 13.1. The number of aromatic nitrogens is 2. The molecule has 2 amide bonds. The van der Waals surface area contributed by atoms with Gasteiger partial charge in [-0.15, -0.1) is 0 Å². The van der Waals surface area contributed by atoms with Crippen LogP contribution < -0.4 is 29.0 Å². The van der Waals surface area contributed by atoms with Crippen molar-refractivity contribution in [2.45, 2.75) is 12.8 Å². The molecule has 13 heteroatoms. The number of Topliss-reactive ketones (excluding diaryl/α,β-unsaturated/α-hetero) is 1. The zero-order valence-electron chi connectivity index (χ0n) is 17.0. The van der Waals surface area contributed by atoms with Gasteiger partial charge in [0.05, 0.1) is 33.1 Å². The second kappa shape index (κ2) is 9.04. The highest BCUT2D eigenvalue weighted by Crippen LogP contribution is 2.36. The number of amides is 2. The smallest absolute Gasteiger partial charge is 0.336 e. The molecule has 1 aromatic carbocycles. The molecule has 1 aromatic heterocycles. The fourth-order valence-corrected chi connectivity index (χ4v) is 3.41. The number of rotatable bonds is 9. The highest BCUT2D eigenvalue weighted by Gasteiger charge is 2.32. The summed E-state index contributed by atoms with van der Waals surface area (Å²) >= 11 is 0. The zero-order chi connectivity index (χ0) is 22.6. The Morgan fingerprint density at radius 3 is 2.19 bits per heavy atom. The van der Waals surface area contributed by atoms with Crippen molar-refractivity contribution in [2.75, 3.05) is 31.4 Å². The van der Waals surface area contributed by atoms with E-state index in [1.807, 2.05) is 0 Å². The Balaban J connectivity index is 1.74. The average Bonchev–Trinajstić information content (AvgIpc) is 3.57. The molecule has 12 nitrogen and oxygen atoms in total. The molecule has 3 rings (SSSR count). The summed E-state index contributed by atoms with van der Waals surface area (Å²) in [6, 6.07) is 4.59. The zero-order valence-corrected chi connectivity index (χ0v) is 17.8. The number of carbonyl (C=O) groups is 2. The van der Waals surface area contributed by atoms with Gasteiger partial charge in [0, 0.05) is 11.5 Å². The lowest BCUT2D eigenvalue weighted by atomic mass is 10.1. The topological polar surface area (TPSA) is 158 Å². The Bertz CT molecular complexity index is 1080. The second-order valence-corrected chi connectivity index (χ2v) is 7.90. The molecule has 1 aliphatic rings. The summed E-state index contributed by atoms with van der Waals surface area (Å²) in [6.45, 7) is 0. The first kappa shape index (κ1) is 22.1. The molecule has 0 radical (unpaired) electrons. The molecule has 0 bridgehead atoms. The standard InChI is InChI=1S/C18H21N5O7S/c1-28-11-6-7-13(12(8-11)16(24)10-4-5-10)22-31(26,27)23-18(25)21-17-19-14(29-2)9-15(20-17)30-3/h6-10,22H,4-5H2,1-3H3,(H2,19,20,21,23,25). The van der Waals surface area contributed by atoms with Crippen LogP contribution in [0, 0.1) is 5.92 Å². The summed E-state index contributed by atoms with van der Waals surface area (Å²) in [5.74, 6) is 0.0265. The molecule has 1 aliphatic carbocycles. The predicted octanol–water partition coefficient (Wildman–Crippen LogP) is 1.57. The van der Waals surface area contributed by atoms with Gasteiger partial charge < -0.3 is 14.2 Å². The minimum Gasteiger partial charge on any atom is -0.497 e. The average molecular weight is 451 g/mol. The fraction of sp³-hybridized carbons (Fsp3) is 0.333. The van der Waals surface area contributed by atoms with Crippen molar-refractivity contribution < 1.29 is 32.2 Å². The maximum Gasteiger partial charge on any atom is 0.336 e. The molecule has 3 N–H and O–H groups in total. The summed E-state index contributed by atoms with van der Waals surface area (Å²) in [6.07, 6.45) is 1.49. The highest BCUT2D eigenvalue weighted by atomic mass is 32.2. The molecule has 0 atom stereocenters. The lowest BCUT2D eigenvalue weighted by molar-refractivity contribution is 0.0968. The van der Waals surface area contributed by atoms with Crippen LogP contribution in [-0.2, 0) is 10.2 Å². The van der Waals surface area contributed by atoms with E-state index in [0.717, 1.165) is 12.8 Å². The number of nitrogens with zero attached hydrogens (tertiary/aromatic N) is 2. The summed E-state index contributed by atoms with van der Waals surface area (Å²) in [7, 11) is -0.240. The van der Waals surface area contributed by atoms with Gasteiger partial charge in [0.2, 0.25) is 17.7 Å². The summed E-state index contributed by atoms with van der Waals surface area (Å²) in [4.78, 5) is 32.5. The lowest BCUT2D eigenvalue weighted by Gasteiger charge is -2.14. The SMILES string of the molecule is COc1ccc(NS(=O)(=O)NC(=O)Nc2nc(OC)cc(OC)n2)c(C(=O)C2CC2)c1. The Hall–Kier alpha value is -3.61. The van der Waals surface area contributed by atoms with Crippen LogP contribution in [0.25, 0.3) is 0 Å². The van der Waals surface area contributed by atoms with E-state index in [2.05, 4.69) is 20.0 Å². The number of carbonyl (C=O) groups excluding carboxylic acids is 2. The molecule has 31 heavy (non-hydrogen) atoms. The van der Waals surface area contributed by atoms with Crippen LogP contribution in [0.1, 0.15) is 23.2 Å². The minimum atomic E-state index is -4.39. The third-order valence-corrected chi connectivity index (χ3v) is 5.18. The molecule has 0 spiro atoms. The summed E-state index contributed by atoms with van der Waals surface area (Å²) < 4.78 is 43.9. The number of ketones is 1. The van der Waals surface area contributed by atoms with Crippen molar-refractivity contribution in [1.29, 1.82) is 0 Å². The molecular formula is C18H21N5O7S. The molecule has 0 saturated heterocycles. The van der Waals surface area contributed by atoms with Gasteiger partial charge in [-0.05, 0) is 31.0 Å². The number of urea groups is 1. The van der Waals surface area contributed by atoms with Crippen LogP contribution in [0.2, 0.25) is 0 Å². The van der Waals surface area contributed by atoms with Crippen LogP contribution in [-0.4, -0.2) is 51.5 Å². The first-order chi connectivity index (χ1) is 14.7. The van der Waals surface area contributed by atoms with Gasteiger partial charge in [-0.25, -0.2) is 9.52 Å². The van der Waals surface area contributed by atoms with Crippen molar-refractivity contribution in [3.8, 4) is 17.5 Å². The van der Waals surface area contributed by atoms with Gasteiger partial charge in [0.25, 0.3) is 0 Å². The number of ether oxygens (including phenoxy) is 3. The molecule has 0 unspecified atom stereocenters. The number of anilines is 2. The second-order valence-electron chi connectivity index (χ2n) is 6.49. The summed E-state index contributed by atoms with van der Waals surface area (Å²) in [5.41, 5.74) is 0.186. The first-order valence-electron chi connectivity index (χ1n) is 9.05. The summed E-state index contributed by atoms with van der Waals surface area (Å²) in [5, 5.41) is 2.18. The van der Waals surface area contributed by atoms with Crippen molar-refractivity contribution >= 4 is 33.7 Å². The monoisotopic (exact) mass is 451 g/mol. The van der Waals surface area contributed by atoms with E-state index in [1.54, 1.807) is 4.72 Å². The minimum absolute atomic E-state index is 0.0253. The molecule has 0 aliphatic heterocycles. The van der Waals surface area contributed by atoms with Crippen LogP contribution in [0.3, 0.4) is 0 Å². The van der Waals surface area contributed by atoms with Crippen LogP contribution >= 0.6 is 0 Å². The molecule has 2 aromatic rings. The maximum absolute atomic E-state index is 12.5. The number of benzene rings is 1. The number of nitrogens with one attached hydrogen (secondary N) is 3. The van der Waals surface area contributed by atoms with Gasteiger partial charge in [-0.2, -0.15) is 18.4 Å². The van der Waals surface area contributed by atoms with Gasteiger partial charge in [-0.1, -0.05) is 0 Å². The maximum atomic E-state index is 12.5. The van der Waals surface area contributed by atoms with E-state index in [-0.39, 0.29) is 40.7 Å². The third kappa shape index (κ3) is 5.72. The van der Waals surface area contributed by atoms with E-state index < -0.39 is 16.2 Å². The molecule has 1 heterocycles. The molecule has 1 saturated carbocycles. The van der Waals surface area contributed by atoms with Gasteiger partial charge >= 0.3 is 16.2 Å². The lowest BCUT2D eigenvalue weighted by Crippen LogP contribution is -2.38. The van der Waals surface area contributed by atoms with Crippen molar-refractivity contribution in [3.63, 3.8) is 0 Å². The van der Waals surface area contributed by atoms with E-state index in [4.69, 9.17) is 14.2 Å². The number of methoxy groups -OCH3 is 3. The van der Waals surface area contributed by atoms with Crippen molar-refractivity contribution in [2.24, 2.45) is 5.92 Å². The fourth-order valence-electron chi connectivity index (χ4n) is 2.60. The van der Waals surface area contributed by atoms with E-state index >= 15 is 0 Å².